The van der Waals surface area contributed by atoms with Crippen LogP contribution in [0.25, 0.3) is 0 Å². The van der Waals surface area contributed by atoms with Crippen molar-refractivity contribution in [3.05, 3.63) is 50.7 Å². The van der Waals surface area contributed by atoms with Crippen LogP contribution in [0, 0.1) is 0 Å². The smallest absolute Gasteiger partial charge is 0.330 e. The molecule has 1 heterocycles. The van der Waals surface area contributed by atoms with Crippen molar-refractivity contribution in [2.45, 2.75) is 64.5 Å². The summed E-state index contributed by atoms with van der Waals surface area (Å²) in [6.45, 7) is 2.41. The number of unbranched alkanes of at least 4 members (excludes halogenated alkanes) is 1. The zero-order valence-corrected chi connectivity index (χ0v) is 17.6. The molecule has 1 amide bonds. The van der Waals surface area contributed by atoms with E-state index in [0.717, 1.165) is 44.1 Å². The number of amides is 1. The number of hydrogen-bond donors (Lipinski definition) is 2. The topological polar surface area (TPSA) is 110 Å². The fraction of sp³-hybridized carbons (Fsp3) is 0.500. The lowest BCUT2D eigenvalue weighted by Crippen LogP contribution is -2.46. The number of ether oxygens (including phenoxy) is 1. The third-order valence-electron chi connectivity index (χ3n) is 5.66. The van der Waals surface area contributed by atoms with Gasteiger partial charge in [0.05, 0.1) is 13.5 Å². The van der Waals surface area contributed by atoms with Crippen LogP contribution >= 0.6 is 0 Å². The Bertz CT molecular complexity index is 988. The lowest BCUT2D eigenvalue weighted by molar-refractivity contribution is -0.118. The van der Waals surface area contributed by atoms with Crippen LogP contribution in [0.2, 0.25) is 0 Å². The summed E-state index contributed by atoms with van der Waals surface area (Å²) in [7, 11) is 1.59. The van der Waals surface area contributed by atoms with Crippen LogP contribution in [0.15, 0.2) is 33.9 Å². The monoisotopic (exact) mass is 414 g/mol. The molecule has 1 saturated carbocycles. The molecule has 1 aliphatic rings. The minimum absolute atomic E-state index is 0.0622. The summed E-state index contributed by atoms with van der Waals surface area (Å²) >= 11 is 0. The Hall–Kier alpha value is -3.03. The zero-order chi connectivity index (χ0) is 21.7. The first kappa shape index (κ1) is 21.7. The van der Waals surface area contributed by atoms with E-state index in [1.54, 1.807) is 19.2 Å². The Kier molecular flexibility index (Phi) is 6.97. The molecule has 0 bridgehead atoms. The van der Waals surface area contributed by atoms with Gasteiger partial charge in [0.1, 0.15) is 11.6 Å². The first-order chi connectivity index (χ1) is 14.5. The molecule has 0 aliphatic heterocycles. The average Bonchev–Trinajstić information content (AvgIpc) is 3.25. The number of nitrogens with zero attached hydrogens (tertiary/aromatic N) is 2. The van der Waals surface area contributed by atoms with E-state index in [1.807, 2.05) is 19.1 Å². The van der Waals surface area contributed by atoms with E-state index in [-0.39, 0.29) is 29.9 Å². The van der Waals surface area contributed by atoms with E-state index in [9.17, 15) is 14.4 Å². The molecule has 3 rings (SSSR count). The zero-order valence-electron chi connectivity index (χ0n) is 17.6. The van der Waals surface area contributed by atoms with Crippen LogP contribution in [0.5, 0.6) is 5.75 Å². The molecule has 1 fully saturated rings. The molecule has 1 aliphatic carbocycles. The van der Waals surface area contributed by atoms with Crippen LogP contribution in [-0.4, -0.2) is 28.6 Å². The lowest BCUT2D eigenvalue weighted by atomic mass is 10.1. The Morgan fingerprint density at radius 1 is 1.23 bits per heavy atom. The number of rotatable bonds is 8. The number of aromatic nitrogens is 2. The molecule has 0 saturated heterocycles. The summed E-state index contributed by atoms with van der Waals surface area (Å²) in [5.74, 6) is 0.569. The van der Waals surface area contributed by atoms with Crippen molar-refractivity contribution in [2.75, 3.05) is 17.7 Å². The van der Waals surface area contributed by atoms with E-state index in [1.165, 1.54) is 9.47 Å². The van der Waals surface area contributed by atoms with Gasteiger partial charge in [0, 0.05) is 12.6 Å². The van der Waals surface area contributed by atoms with Gasteiger partial charge in [-0.2, -0.15) is 0 Å². The molecule has 8 heteroatoms. The number of carbonyl (C=O) groups is 1. The van der Waals surface area contributed by atoms with Crippen molar-refractivity contribution in [1.82, 2.24) is 9.55 Å². The normalized spacial score (nSPS) is 14.1. The van der Waals surface area contributed by atoms with Crippen molar-refractivity contribution < 1.29 is 9.53 Å². The minimum Gasteiger partial charge on any atom is -0.497 e. The number of nitrogens with two attached hydrogens (primary N) is 1. The Balaban J connectivity index is 2.00. The molecule has 3 N–H and O–H groups in total. The van der Waals surface area contributed by atoms with Crippen LogP contribution in [0.3, 0.4) is 0 Å². The molecule has 0 spiro atoms. The molecule has 1 aromatic heterocycles. The Morgan fingerprint density at radius 3 is 2.50 bits per heavy atom. The highest BCUT2D eigenvalue weighted by molar-refractivity contribution is 5.97. The number of H-pyrrole nitrogens is 1. The van der Waals surface area contributed by atoms with Crippen molar-refractivity contribution in [1.29, 1.82) is 0 Å². The van der Waals surface area contributed by atoms with Gasteiger partial charge in [0.2, 0.25) is 5.91 Å². The standard InChI is InChI=1S/C22H30N4O4/c1-3-4-13-25-20(23)19(21(28)24-22(25)29)26(16-7-5-6-8-16)18(27)14-15-9-11-17(30-2)12-10-15/h9-12,16H,3-8,13-14,23H2,1-2H3,(H,24,28,29). The van der Waals surface area contributed by atoms with Gasteiger partial charge in [-0.3, -0.25) is 19.1 Å². The molecule has 0 radical (unpaired) electrons. The van der Waals surface area contributed by atoms with E-state index >= 15 is 0 Å². The van der Waals surface area contributed by atoms with Crippen LogP contribution in [0.1, 0.15) is 51.0 Å². The maximum atomic E-state index is 13.4. The molecule has 30 heavy (non-hydrogen) atoms. The fourth-order valence-electron chi connectivity index (χ4n) is 4.02. The molecule has 8 nitrogen and oxygen atoms in total. The molecule has 0 atom stereocenters. The first-order valence-corrected chi connectivity index (χ1v) is 10.5. The van der Waals surface area contributed by atoms with Gasteiger partial charge in [0.15, 0.2) is 5.69 Å². The largest absolute Gasteiger partial charge is 0.497 e. The Morgan fingerprint density at radius 2 is 1.90 bits per heavy atom. The lowest BCUT2D eigenvalue weighted by Gasteiger charge is -2.30. The summed E-state index contributed by atoms with van der Waals surface area (Å²) in [5.41, 5.74) is 6.06. The summed E-state index contributed by atoms with van der Waals surface area (Å²) < 4.78 is 6.53. The van der Waals surface area contributed by atoms with E-state index in [2.05, 4.69) is 4.98 Å². The van der Waals surface area contributed by atoms with Crippen molar-refractivity contribution >= 4 is 17.4 Å². The van der Waals surface area contributed by atoms with E-state index in [4.69, 9.17) is 10.5 Å². The number of carbonyl (C=O) groups excluding carboxylic acids is 1. The maximum Gasteiger partial charge on any atom is 0.330 e. The second kappa shape index (κ2) is 9.65. The third kappa shape index (κ3) is 4.58. The fourth-order valence-corrected chi connectivity index (χ4v) is 4.02. The quantitative estimate of drug-likeness (QED) is 0.689. The number of methoxy groups -OCH3 is 1. The first-order valence-electron chi connectivity index (χ1n) is 10.5. The molecular weight excluding hydrogens is 384 g/mol. The Labute approximate surface area is 175 Å². The van der Waals surface area contributed by atoms with Crippen LogP contribution < -0.4 is 26.6 Å². The van der Waals surface area contributed by atoms with E-state index < -0.39 is 11.2 Å². The molecular formula is C22H30N4O4. The molecule has 0 unspecified atom stereocenters. The van der Waals surface area contributed by atoms with Crippen LogP contribution in [-0.2, 0) is 17.8 Å². The summed E-state index contributed by atoms with van der Waals surface area (Å²) in [4.78, 5) is 42.3. The molecule has 2 aromatic rings. The average molecular weight is 415 g/mol. The van der Waals surface area contributed by atoms with Gasteiger partial charge >= 0.3 is 5.69 Å². The van der Waals surface area contributed by atoms with Gasteiger partial charge in [-0.05, 0) is 37.0 Å². The van der Waals surface area contributed by atoms with Crippen molar-refractivity contribution in [3.8, 4) is 5.75 Å². The molecule has 162 valence electrons. The number of benzene rings is 1. The number of anilines is 2. The van der Waals surface area contributed by atoms with E-state index in [0.29, 0.717) is 12.3 Å². The highest BCUT2D eigenvalue weighted by atomic mass is 16.5. The van der Waals surface area contributed by atoms with Crippen molar-refractivity contribution in [3.63, 3.8) is 0 Å². The highest BCUT2D eigenvalue weighted by Crippen LogP contribution is 2.30. The highest BCUT2D eigenvalue weighted by Gasteiger charge is 2.32. The van der Waals surface area contributed by atoms with Gasteiger partial charge < -0.3 is 15.4 Å². The number of nitrogen functional groups attached to an aromatic ring is 1. The number of aromatic amines is 1. The van der Waals surface area contributed by atoms with Gasteiger partial charge in [-0.15, -0.1) is 0 Å². The number of hydrogen-bond acceptors (Lipinski definition) is 5. The van der Waals surface area contributed by atoms with Crippen molar-refractivity contribution in [2.24, 2.45) is 0 Å². The van der Waals surface area contributed by atoms with Gasteiger partial charge in [-0.1, -0.05) is 38.3 Å². The summed E-state index contributed by atoms with van der Waals surface area (Å²) in [6.07, 6.45) is 5.35. The minimum atomic E-state index is -0.611. The van der Waals surface area contributed by atoms with Crippen LogP contribution in [0.4, 0.5) is 11.5 Å². The van der Waals surface area contributed by atoms with Gasteiger partial charge in [0.25, 0.3) is 5.56 Å². The predicted octanol–water partition coefficient (Wildman–Crippen LogP) is 2.45. The third-order valence-corrected chi connectivity index (χ3v) is 5.66. The second-order valence-electron chi connectivity index (χ2n) is 7.73. The number of nitrogens with one attached hydrogen (secondary N) is 1. The second-order valence-corrected chi connectivity index (χ2v) is 7.73. The summed E-state index contributed by atoms with van der Waals surface area (Å²) in [5, 5.41) is 0. The maximum absolute atomic E-state index is 13.4. The SMILES string of the molecule is CCCCn1c(N)c(N(C(=O)Cc2ccc(OC)cc2)C2CCCC2)c(=O)[nH]c1=O. The molecule has 1 aromatic carbocycles. The summed E-state index contributed by atoms with van der Waals surface area (Å²) in [6, 6.07) is 7.17. The van der Waals surface area contributed by atoms with Gasteiger partial charge in [-0.25, -0.2) is 4.79 Å². The predicted molar refractivity (Wildman–Crippen MR) is 117 cm³/mol.